The highest BCUT2D eigenvalue weighted by molar-refractivity contribution is 6.74. The molecular formula is C21H34N2OSi. The molecule has 3 nitrogen and oxygen atoms in total. The Hall–Kier alpha value is -1.23. The van der Waals surface area contributed by atoms with Crippen LogP contribution in [0.15, 0.2) is 36.4 Å². The van der Waals surface area contributed by atoms with E-state index in [9.17, 15) is 0 Å². The number of likely N-dealkylation sites (N-methyl/N-ethyl adjacent to an activating group) is 1. The van der Waals surface area contributed by atoms with Gasteiger partial charge in [-0.05, 0) is 43.4 Å². The molecule has 0 aliphatic rings. The summed E-state index contributed by atoms with van der Waals surface area (Å²) in [5.41, 5.74) is 2.17. The van der Waals surface area contributed by atoms with Crippen molar-refractivity contribution >= 4 is 19.2 Å². The molecule has 1 aromatic carbocycles. The summed E-state index contributed by atoms with van der Waals surface area (Å²) in [5.74, 6) is 0. The van der Waals surface area contributed by atoms with E-state index in [0.717, 1.165) is 24.3 Å². The lowest BCUT2D eigenvalue weighted by molar-refractivity contribution is 0.135. The van der Waals surface area contributed by atoms with Gasteiger partial charge >= 0.3 is 0 Å². The number of para-hydroxylation sites is 1. The SMILES string of the molecule is CCN(CC)C(CO[Si](C)(C)C(C)(C)C)c1ccc2ccccc2n1. The van der Waals surface area contributed by atoms with Crippen molar-refractivity contribution in [1.29, 1.82) is 0 Å². The van der Waals surface area contributed by atoms with E-state index in [4.69, 9.17) is 9.41 Å². The third-order valence-electron chi connectivity index (χ3n) is 5.62. The van der Waals surface area contributed by atoms with Gasteiger partial charge in [-0.3, -0.25) is 9.88 Å². The van der Waals surface area contributed by atoms with Crippen LogP contribution in [0, 0.1) is 0 Å². The van der Waals surface area contributed by atoms with E-state index in [1.165, 1.54) is 5.39 Å². The van der Waals surface area contributed by atoms with Crippen LogP contribution in [0.25, 0.3) is 10.9 Å². The van der Waals surface area contributed by atoms with Crippen molar-refractivity contribution in [2.24, 2.45) is 0 Å². The minimum absolute atomic E-state index is 0.203. The number of pyridine rings is 1. The molecule has 0 saturated heterocycles. The standard InChI is InChI=1S/C21H34N2OSi/c1-8-23(9-2)20(16-24-25(6,7)21(3,4)5)19-15-14-17-12-10-11-13-18(17)22-19/h10-15,20H,8-9,16H2,1-7H3. The topological polar surface area (TPSA) is 25.4 Å². The van der Waals surface area contributed by atoms with E-state index in [0.29, 0.717) is 6.61 Å². The molecular weight excluding hydrogens is 324 g/mol. The fourth-order valence-electron chi connectivity index (χ4n) is 2.81. The molecule has 1 aromatic heterocycles. The Balaban J connectivity index is 2.31. The third-order valence-corrected chi connectivity index (χ3v) is 10.1. The van der Waals surface area contributed by atoms with Crippen molar-refractivity contribution in [2.75, 3.05) is 19.7 Å². The largest absolute Gasteiger partial charge is 0.415 e. The molecule has 0 N–H and O–H groups in total. The van der Waals surface area contributed by atoms with Crippen LogP contribution in [0.2, 0.25) is 18.1 Å². The number of hydrogen-bond donors (Lipinski definition) is 0. The number of nitrogens with zero attached hydrogens (tertiary/aromatic N) is 2. The first-order chi connectivity index (χ1) is 11.7. The molecule has 1 heterocycles. The third kappa shape index (κ3) is 4.69. The number of benzene rings is 1. The van der Waals surface area contributed by atoms with Crippen LogP contribution in [0.4, 0.5) is 0 Å². The van der Waals surface area contributed by atoms with Crippen molar-refractivity contribution < 1.29 is 4.43 Å². The zero-order valence-electron chi connectivity index (χ0n) is 17.0. The van der Waals surface area contributed by atoms with Gasteiger partial charge < -0.3 is 4.43 Å². The second-order valence-corrected chi connectivity index (χ2v) is 13.0. The van der Waals surface area contributed by atoms with Gasteiger partial charge in [0.25, 0.3) is 0 Å². The number of fused-ring (bicyclic) bond motifs is 1. The maximum atomic E-state index is 6.56. The number of rotatable bonds is 7. The molecule has 0 fully saturated rings. The van der Waals surface area contributed by atoms with Crippen LogP contribution in [-0.4, -0.2) is 37.9 Å². The lowest BCUT2D eigenvalue weighted by Gasteiger charge is -2.39. The minimum Gasteiger partial charge on any atom is -0.415 e. The van der Waals surface area contributed by atoms with Crippen molar-refractivity contribution in [3.05, 3.63) is 42.1 Å². The van der Waals surface area contributed by atoms with Gasteiger partial charge in [-0.25, -0.2) is 0 Å². The van der Waals surface area contributed by atoms with Crippen LogP contribution in [0.3, 0.4) is 0 Å². The molecule has 0 spiro atoms. The molecule has 0 amide bonds. The summed E-state index contributed by atoms with van der Waals surface area (Å²) in [6.45, 7) is 18.6. The normalized spacial score (nSPS) is 14.2. The van der Waals surface area contributed by atoms with Crippen LogP contribution in [0.1, 0.15) is 46.4 Å². The van der Waals surface area contributed by atoms with Crippen molar-refractivity contribution in [3.8, 4) is 0 Å². The van der Waals surface area contributed by atoms with E-state index < -0.39 is 8.32 Å². The summed E-state index contributed by atoms with van der Waals surface area (Å²) < 4.78 is 6.56. The first-order valence-corrected chi connectivity index (χ1v) is 12.3. The van der Waals surface area contributed by atoms with E-state index in [2.05, 4.69) is 89.0 Å². The Bertz CT molecular complexity index is 690. The molecule has 2 aromatic rings. The Labute approximate surface area is 154 Å². The quantitative estimate of drug-likeness (QED) is 0.599. The summed E-state index contributed by atoms with van der Waals surface area (Å²) in [6.07, 6.45) is 0. The Morgan fingerprint density at radius 2 is 1.68 bits per heavy atom. The van der Waals surface area contributed by atoms with Gasteiger partial charge in [0, 0.05) is 5.39 Å². The molecule has 138 valence electrons. The molecule has 0 radical (unpaired) electrons. The summed E-state index contributed by atoms with van der Waals surface area (Å²) >= 11 is 0. The van der Waals surface area contributed by atoms with Gasteiger partial charge in [-0.2, -0.15) is 0 Å². The van der Waals surface area contributed by atoms with Gasteiger partial charge in [0.1, 0.15) is 0 Å². The van der Waals surface area contributed by atoms with Crippen LogP contribution in [-0.2, 0) is 4.43 Å². The first-order valence-electron chi connectivity index (χ1n) is 9.43. The van der Waals surface area contributed by atoms with E-state index in [1.807, 2.05) is 0 Å². The smallest absolute Gasteiger partial charge is 0.192 e. The van der Waals surface area contributed by atoms with Crippen molar-refractivity contribution in [2.45, 2.75) is 58.8 Å². The number of aromatic nitrogens is 1. The van der Waals surface area contributed by atoms with Crippen LogP contribution >= 0.6 is 0 Å². The molecule has 2 rings (SSSR count). The van der Waals surface area contributed by atoms with E-state index in [1.54, 1.807) is 0 Å². The highest BCUT2D eigenvalue weighted by Crippen LogP contribution is 2.37. The second-order valence-electron chi connectivity index (χ2n) is 8.24. The lowest BCUT2D eigenvalue weighted by Crippen LogP contribution is -2.43. The summed E-state index contributed by atoms with van der Waals surface area (Å²) in [4.78, 5) is 7.40. The van der Waals surface area contributed by atoms with E-state index in [-0.39, 0.29) is 11.1 Å². The molecule has 1 atom stereocenters. The lowest BCUT2D eigenvalue weighted by atomic mass is 10.1. The summed E-state index contributed by atoms with van der Waals surface area (Å²) in [7, 11) is -1.78. The van der Waals surface area contributed by atoms with Gasteiger partial charge in [0.05, 0.1) is 23.9 Å². The van der Waals surface area contributed by atoms with E-state index >= 15 is 0 Å². The monoisotopic (exact) mass is 358 g/mol. The second kappa shape index (κ2) is 7.98. The minimum atomic E-state index is -1.78. The van der Waals surface area contributed by atoms with Gasteiger partial charge in [-0.1, -0.05) is 58.9 Å². The fourth-order valence-corrected chi connectivity index (χ4v) is 3.82. The van der Waals surface area contributed by atoms with Crippen LogP contribution in [0.5, 0.6) is 0 Å². The summed E-state index contributed by atoms with van der Waals surface area (Å²) in [6, 6.07) is 12.9. The molecule has 1 unspecified atom stereocenters. The molecule has 4 heteroatoms. The maximum absolute atomic E-state index is 6.56. The first kappa shape index (κ1) is 20.1. The predicted octanol–water partition coefficient (Wildman–Crippen LogP) is 5.64. The average Bonchev–Trinajstić information content (AvgIpc) is 2.57. The summed E-state index contributed by atoms with van der Waals surface area (Å²) in [5, 5.41) is 1.41. The molecule has 0 aliphatic carbocycles. The number of hydrogen-bond acceptors (Lipinski definition) is 3. The van der Waals surface area contributed by atoms with Gasteiger partial charge in [-0.15, -0.1) is 0 Å². The zero-order valence-corrected chi connectivity index (χ0v) is 18.0. The highest BCUT2D eigenvalue weighted by Gasteiger charge is 2.38. The fraction of sp³-hybridized carbons (Fsp3) is 0.571. The zero-order chi connectivity index (χ0) is 18.7. The van der Waals surface area contributed by atoms with Crippen LogP contribution < -0.4 is 0 Å². The Morgan fingerprint density at radius 3 is 2.28 bits per heavy atom. The molecule has 0 saturated carbocycles. The van der Waals surface area contributed by atoms with Crippen molar-refractivity contribution in [1.82, 2.24) is 9.88 Å². The molecule has 0 aliphatic heterocycles. The van der Waals surface area contributed by atoms with Gasteiger partial charge in [0.2, 0.25) is 0 Å². The van der Waals surface area contributed by atoms with Gasteiger partial charge in [0.15, 0.2) is 8.32 Å². The van der Waals surface area contributed by atoms with Crippen molar-refractivity contribution in [3.63, 3.8) is 0 Å². The maximum Gasteiger partial charge on any atom is 0.192 e. The Kier molecular flexibility index (Phi) is 6.41. The highest BCUT2D eigenvalue weighted by atomic mass is 28.4. The predicted molar refractivity (Wildman–Crippen MR) is 111 cm³/mol. The molecule has 0 bridgehead atoms. The Morgan fingerprint density at radius 1 is 1.04 bits per heavy atom. The molecule has 25 heavy (non-hydrogen) atoms. The average molecular weight is 359 g/mol.